The van der Waals surface area contributed by atoms with Gasteiger partial charge < -0.3 is 19.3 Å². The summed E-state index contributed by atoms with van der Waals surface area (Å²) in [5, 5.41) is 10.0. The molecule has 0 heterocycles. The van der Waals surface area contributed by atoms with E-state index in [1.54, 1.807) is 12.1 Å². The molecule has 0 radical (unpaired) electrons. The summed E-state index contributed by atoms with van der Waals surface area (Å²) >= 11 is 0. The van der Waals surface area contributed by atoms with Gasteiger partial charge in [0.25, 0.3) is 0 Å². The zero-order valence-corrected chi connectivity index (χ0v) is 12.1. The Bertz CT molecular complexity index is 377. The molecule has 0 aliphatic heterocycles. The van der Waals surface area contributed by atoms with Gasteiger partial charge in [0.2, 0.25) is 5.75 Å². The molecule has 1 aromatic carbocycles. The molecule has 0 bridgehead atoms. The number of hydrogen-bond acceptors (Lipinski definition) is 4. The van der Waals surface area contributed by atoms with E-state index in [9.17, 15) is 5.11 Å². The highest BCUT2D eigenvalue weighted by molar-refractivity contribution is 5.55. The highest BCUT2D eigenvalue weighted by Crippen LogP contribution is 2.40. The van der Waals surface area contributed by atoms with Gasteiger partial charge in [0.1, 0.15) is 5.75 Å². The molecule has 4 nitrogen and oxygen atoms in total. The van der Waals surface area contributed by atoms with E-state index in [0.29, 0.717) is 37.1 Å². The molecule has 4 heteroatoms. The highest BCUT2D eigenvalue weighted by atomic mass is 16.5. The second-order valence-corrected chi connectivity index (χ2v) is 4.32. The molecular weight excluding hydrogens is 244 g/mol. The average Bonchev–Trinajstić information content (AvgIpc) is 2.41. The topological polar surface area (TPSA) is 47.9 Å². The molecule has 0 saturated heterocycles. The van der Waals surface area contributed by atoms with Crippen LogP contribution in [0.4, 0.5) is 0 Å². The van der Waals surface area contributed by atoms with Crippen LogP contribution >= 0.6 is 0 Å². The third kappa shape index (κ3) is 4.89. The van der Waals surface area contributed by atoms with E-state index in [2.05, 4.69) is 0 Å². The van der Waals surface area contributed by atoms with Crippen molar-refractivity contribution >= 4 is 0 Å². The van der Waals surface area contributed by atoms with Crippen LogP contribution < -0.4 is 14.2 Å². The quantitative estimate of drug-likeness (QED) is 0.740. The Kier molecular flexibility index (Phi) is 6.93. The summed E-state index contributed by atoms with van der Waals surface area (Å²) in [5.74, 6) is 1.61. The van der Waals surface area contributed by atoms with Gasteiger partial charge in [0, 0.05) is 12.1 Å². The Labute approximate surface area is 115 Å². The van der Waals surface area contributed by atoms with Crippen LogP contribution in [-0.4, -0.2) is 24.9 Å². The van der Waals surface area contributed by atoms with Gasteiger partial charge in [-0.2, -0.15) is 0 Å². The fourth-order valence-corrected chi connectivity index (χ4v) is 1.53. The molecule has 0 aliphatic carbocycles. The van der Waals surface area contributed by atoms with Crippen LogP contribution in [0.15, 0.2) is 12.1 Å². The van der Waals surface area contributed by atoms with E-state index in [0.717, 1.165) is 19.3 Å². The minimum absolute atomic E-state index is 0.0631. The predicted octanol–water partition coefficient (Wildman–Crippen LogP) is 3.76. The summed E-state index contributed by atoms with van der Waals surface area (Å²) < 4.78 is 16.7. The van der Waals surface area contributed by atoms with Crippen molar-refractivity contribution in [3.05, 3.63) is 12.1 Å². The minimum Gasteiger partial charge on any atom is -0.504 e. The first-order valence-electron chi connectivity index (χ1n) is 6.98. The van der Waals surface area contributed by atoms with Crippen LogP contribution in [-0.2, 0) is 0 Å². The Morgan fingerprint density at radius 3 is 2.05 bits per heavy atom. The first-order valence-corrected chi connectivity index (χ1v) is 6.98. The molecule has 1 rings (SSSR count). The maximum atomic E-state index is 10.0. The summed E-state index contributed by atoms with van der Waals surface area (Å²) in [6.45, 7) is 7.82. The summed E-state index contributed by atoms with van der Waals surface area (Å²) in [6.07, 6.45) is 2.69. The molecule has 0 spiro atoms. The van der Waals surface area contributed by atoms with Crippen LogP contribution in [0.1, 0.15) is 40.0 Å². The van der Waals surface area contributed by atoms with Crippen LogP contribution in [0.5, 0.6) is 23.0 Å². The van der Waals surface area contributed by atoms with Gasteiger partial charge in [0.15, 0.2) is 11.5 Å². The van der Waals surface area contributed by atoms with E-state index >= 15 is 0 Å². The van der Waals surface area contributed by atoms with Crippen LogP contribution in [0.25, 0.3) is 0 Å². The Balaban J connectivity index is 2.92. The van der Waals surface area contributed by atoms with Crippen molar-refractivity contribution in [2.24, 2.45) is 0 Å². The standard InChI is InChI=1S/C15H24O4/c1-4-7-17-12-10-13(16)15(19-9-6-3)14(11-12)18-8-5-2/h10-11,16H,4-9H2,1-3H3. The lowest BCUT2D eigenvalue weighted by Crippen LogP contribution is -2.03. The Morgan fingerprint density at radius 2 is 1.42 bits per heavy atom. The van der Waals surface area contributed by atoms with Crippen molar-refractivity contribution in [3.63, 3.8) is 0 Å². The van der Waals surface area contributed by atoms with Gasteiger partial charge in [0.05, 0.1) is 19.8 Å². The first-order chi connectivity index (χ1) is 9.22. The zero-order chi connectivity index (χ0) is 14.1. The van der Waals surface area contributed by atoms with Crippen LogP contribution in [0, 0.1) is 0 Å². The summed E-state index contributed by atoms with van der Waals surface area (Å²) in [5.41, 5.74) is 0. The van der Waals surface area contributed by atoms with Gasteiger partial charge >= 0.3 is 0 Å². The zero-order valence-electron chi connectivity index (χ0n) is 12.1. The van der Waals surface area contributed by atoms with E-state index in [1.165, 1.54) is 0 Å². The van der Waals surface area contributed by atoms with E-state index in [1.807, 2.05) is 20.8 Å². The SMILES string of the molecule is CCCOc1cc(O)c(OCCC)c(OCCC)c1. The molecule has 1 N–H and O–H groups in total. The maximum absolute atomic E-state index is 10.0. The third-order valence-electron chi connectivity index (χ3n) is 2.39. The van der Waals surface area contributed by atoms with Gasteiger partial charge in [-0.25, -0.2) is 0 Å². The summed E-state index contributed by atoms with van der Waals surface area (Å²) in [4.78, 5) is 0. The maximum Gasteiger partial charge on any atom is 0.203 e. The van der Waals surface area contributed by atoms with Crippen molar-refractivity contribution in [1.29, 1.82) is 0 Å². The number of phenols is 1. The molecule has 0 atom stereocenters. The number of phenolic OH excluding ortho intramolecular Hbond substituents is 1. The number of ether oxygens (including phenoxy) is 3. The molecule has 0 aliphatic rings. The molecular formula is C15H24O4. The van der Waals surface area contributed by atoms with Gasteiger partial charge in [-0.15, -0.1) is 0 Å². The van der Waals surface area contributed by atoms with Crippen LogP contribution in [0.3, 0.4) is 0 Å². The monoisotopic (exact) mass is 268 g/mol. The number of aromatic hydroxyl groups is 1. The molecule has 0 saturated carbocycles. The van der Waals surface area contributed by atoms with Crippen molar-refractivity contribution < 1.29 is 19.3 Å². The largest absolute Gasteiger partial charge is 0.504 e. The van der Waals surface area contributed by atoms with Crippen molar-refractivity contribution in [2.75, 3.05) is 19.8 Å². The molecule has 108 valence electrons. The Hall–Kier alpha value is -1.58. The highest BCUT2D eigenvalue weighted by Gasteiger charge is 2.14. The smallest absolute Gasteiger partial charge is 0.203 e. The normalized spacial score (nSPS) is 10.3. The van der Waals surface area contributed by atoms with E-state index in [-0.39, 0.29) is 5.75 Å². The third-order valence-corrected chi connectivity index (χ3v) is 2.39. The van der Waals surface area contributed by atoms with Crippen molar-refractivity contribution in [3.8, 4) is 23.0 Å². The van der Waals surface area contributed by atoms with Crippen LogP contribution in [0.2, 0.25) is 0 Å². The molecule has 0 aromatic heterocycles. The number of rotatable bonds is 9. The first kappa shape index (κ1) is 15.5. The predicted molar refractivity (Wildman–Crippen MR) is 75.5 cm³/mol. The lowest BCUT2D eigenvalue weighted by molar-refractivity contribution is 0.253. The molecule has 19 heavy (non-hydrogen) atoms. The average molecular weight is 268 g/mol. The van der Waals surface area contributed by atoms with Crippen molar-refractivity contribution in [2.45, 2.75) is 40.0 Å². The molecule has 1 aromatic rings. The Morgan fingerprint density at radius 1 is 0.842 bits per heavy atom. The second-order valence-electron chi connectivity index (χ2n) is 4.32. The molecule has 0 fully saturated rings. The second kappa shape index (κ2) is 8.51. The van der Waals surface area contributed by atoms with Gasteiger partial charge in [-0.05, 0) is 19.3 Å². The van der Waals surface area contributed by atoms with Crippen molar-refractivity contribution in [1.82, 2.24) is 0 Å². The van der Waals surface area contributed by atoms with Gasteiger partial charge in [-0.1, -0.05) is 20.8 Å². The van der Waals surface area contributed by atoms with Gasteiger partial charge in [-0.3, -0.25) is 0 Å². The molecule has 0 amide bonds. The fraction of sp³-hybridized carbons (Fsp3) is 0.600. The summed E-state index contributed by atoms with van der Waals surface area (Å²) in [7, 11) is 0. The lowest BCUT2D eigenvalue weighted by atomic mass is 10.2. The fourth-order valence-electron chi connectivity index (χ4n) is 1.53. The molecule has 0 unspecified atom stereocenters. The van der Waals surface area contributed by atoms with E-state index in [4.69, 9.17) is 14.2 Å². The lowest BCUT2D eigenvalue weighted by Gasteiger charge is -2.15. The number of benzene rings is 1. The minimum atomic E-state index is 0.0631. The number of hydrogen-bond donors (Lipinski definition) is 1. The van der Waals surface area contributed by atoms with E-state index < -0.39 is 0 Å². The summed E-state index contributed by atoms with van der Waals surface area (Å²) in [6, 6.07) is 3.34.